The average molecular weight is 612 g/mol. The van der Waals surface area contributed by atoms with Gasteiger partial charge in [0.05, 0.1) is 41.6 Å². The number of hydrogen-bond donors (Lipinski definition) is 4. The van der Waals surface area contributed by atoms with E-state index in [0.29, 0.717) is 35.0 Å². The molecule has 2 heterocycles. The molecule has 0 unspecified atom stereocenters. The van der Waals surface area contributed by atoms with E-state index in [1.54, 1.807) is 23.9 Å². The number of para-hydroxylation sites is 1. The summed E-state index contributed by atoms with van der Waals surface area (Å²) in [6.07, 6.45) is 5.49. The number of nitrogens with zero attached hydrogens (tertiary/aromatic N) is 5. The van der Waals surface area contributed by atoms with E-state index in [2.05, 4.69) is 32.0 Å². The van der Waals surface area contributed by atoms with Gasteiger partial charge in [-0.2, -0.15) is 8.42 Å². The number of aliphatic hydroxyl groups is 1. The summed E-state index contributed by atoms with van der Waals surface area (Å²) >= 11 is 0. The molecule has 0 saturated carbocycles. The Hall–Kier alpha value is -4.50. The number of aliphatic hydroxyl groups excluding tert-OH is 1. The molecule has 2 aromatic carbocycles. The van der Waals surface area contributed by atoms with Gasteiger partial charge >= 0.3 is 0 Å². The first-order valence-corrected chi connectivity index (χ1v) is 14.9. The molecule has 1 amide bonds. The van der Waals surface area contributed by atoms with E-state index < -0.39 is 10.1 Å². The number of carbonyl (C=O) groups excluding carboxylic acids is 1. The zero-order valence-electron chi connectivity index (χ0n) is 24.8. The molecule has 4 aromatic rings. The van der Waals surface area contributed by atoms with Crippen molar-refractivity contribution in [3.63, 3.8) is 0 Å². The Morgan fingerprint density at radius 1 is 1.14 bits per heavy atom. The first kappa shape index (κ1) is 33.0. The van der Waals surface area contributed by atoms with Crippen LogP contribution < -0.4 is 20.3 Å². The average Bonchev–Trinajstić information content (AvgIpc) is 3.34. The van der Waals surface area contributed by atoms with Gasteiger partial charge < -0.3 is 34.8 Å². The molecule has 14 heteroatoms. The molecule has 0 aliphatic heterocycles. The molecule has 0 aliphatic rings. The molecular weight excluding hydrogens is 574 g/mol. The van der Waals surface area contributed by atoms with Crippen molar-refractivity contribution < 1.29 is 27.6 Å². The molecule has 0 atom stereocenters. The molecular formula is C29H37N7O6S. The second-order valence-electron chi connectivity index (χ2n) is 9.78. The molecule has 0 saturated heterocycles. The lowest BCUT2D eigenvalue weighted by atomic mass is 10.1. The molecule has 2 aromatic heterocycles. The monoisotopic (exact) mass is 611 g/mol. The fraction of sp³-hybridized carbons (Fsp3) is 0.276. The summed E-state index contributed by atoms with van der Waals surface area (Å²) in [4.78, 5) is 25.5. The zero-order chi connectivity index (χ0) is 31.7. The maximum absolute atomic E-state index is 12.2. The highest BCUT2D eigenvalue weighted by Gasteiger charge is 2.17. The maximum Gasteiger partial charge on any atom is 0.261 e. The van der Waals surface area contributed by atoms with E-state index in [1.807, 2.05) is 63.7 Å². The molecule has 0 aliphatic carbocycles. The summed E-state index contributed by atoms with van der Waals surface area (Å²) < 4.78 is 33.3. The molecule has 43 heavy (non-hydrogen) atoms. The van der Waals surface area contributed by atoms with Crippen molar-refractivity contribution in [1.29, 1.82) is 0 Å². The van der Waals surface area contributed by atoms with Crippen LogP contribution in [0.2, 0.25) is 0 Å². The van der Waals surface area contributed by atoms with E-state index >= 15 is 0 Å². The highest BCUT2D eigenvalue weighted by Crippen LogP contribution is 2.38. The van der Waals surface area contributed by atoms with Gasteiger partial charge in [-0.1, -0.05) is 24.8 Å². The molecule has 4 N–H and O–H groups in total. The maximum atomic E-state index is 12.2. The topological polar surface area (TPSA) is 162 Å². The lowest BCUT2D eigenvalue weighted by Gasteiger charge is -2.26. The number of ether oxygens (including phenoxy) is 1. The van der Waals surface area contributed by atoms with Crippen LogP contribution in [0.4, 0.5) is 23.0 Å². The Balaban J connectivity index is 0.000000934. The predicted molar refractivity (Wildman–Crippen MR) is 170 cm³/mol. The molecule has 0 bridgehead atoms. The molecule has 4 rings (SSSR count). The van der Waals surface area contributed by atoms with Crippen molar-refractivity contribution in [3.8, 4) is 17.0 Å². The van der Waals surface area contributed by atoms with Crippen molar-refractivity contribution in [2.24, 2.45) is 0 Å². The number of carbonyl (C=O) groups is 1. The third-order valence-corrected chi connectivity index (χ3v) is 6.17. The van der Waals surface area contributed by atoms with Gasteiger partial charge in [0.1, 0.15) is 12.5 Å². The van der Waals surface area contributed by atoms with Crippen LogP contribution in [0.25, 0.3) is 22.2 Å². The van der Waals surface area contributed by atoms with Crippen LogP contribution in [0.5, 0.6) is 5.75 Å². The number of rotatable bonds is 11. The lowest BCUT2D eigenvalue weighted by molar-refractivity contribution is -0.111. The number of methoxy groups -OCH3 is 1. The van der Waals surface area contributed by atoms with Gasteiger partial charge in [-0.3, -0.25) is 9.35 Å². The number of amides is 1. The molecule has 0 spiro atoms. The molecule has 0 radical (unpaired) electrons. The van der Waals surface area contributed by atoms with Gasteiger partial charge in [0, 0.05) is 49.5 Å². The van der Waals surface area contributed by atoms with Gasteiger partial charge in [-0.05, 0) is 38.4 Å². The summed E-state index contributed by atoms with van der Waals surface area (Å²) in [5.74, 6) is 0.609. The van der Waals surface area contributed by atoms with Crippen LogP contribution in [0.1, 0.15) is 0 Å². The summed E-state index contributed by atoms with van der Waals surface area (Å²) in [5.41, 5.74) is 4.48. The highest BCUT2D eigenvalue weighted by molar-refractivity contribution is 7.85. The summed E-state index contributed by atoms with van der Waals surface area (Å²) in [5, 5.41) is 16.9. The van der Waals surface area contributed by atoms with Crippen molar-refractivity contribution in [2.45, 2.75) is 6.73 Å². The van der Waals surface area contributed by atoms with Crippen molar-refractivity contribution >= 4 is 49.9 Å². The third-order valence-electron chi connectivity index (χ3n) is 6.17. The van der Waals surface area contributed by atoms with Crippen LogP contribution in [0, 0.1) is 0 Å². The van der Waals surface area contributed by atoms with Gasteiger partial charge in [-0.15, -0.1) is 0 Å². The zero-order valence-corrected chi connectivity index (χ0v) is 25.6. The quantitative estimate of drug-likeness (QED) is 0.145. The molecule has 0 fully saturated rings. The van der Waals surface area contributed by atoms with Gasteiger partial charge in [0.2, 0.25) is 11.9 Å². The Morgan fingerprint density at radius 2 is 1.84 bits per heavy atom. The second-order valence-corrected chi connectivity index (χ2v) is 11.2. The summed E-state index contributed by atoms with van der Waals surface area (Å²) in [6.45, 7) is 5.01. The lowest BCUT2D eigenvalue weighted by Crippen LogP contribution is -2.29. The van der Waals surface area contributed by atoms with Crippen LogP contribution in [0.3, 0.4) is 0 Å². The number of nitrogens with one attached hydrogen (secondary N) is 2. The van der Waals surface area contributed by atoms with E-state index in [1.165, 1.54) is 6.08 Å². The third kappa shape index (κ3) is 9.24. The normalized spacial score (nSPS) is 11.1. The van der Waals surface area contributed by atoms with Gasteiger partial charge in [-0.25, -0.2) is 9.97 Å². The van der Waals surface area contributed by atoms with Crippen LogP contribution in [0.15, 0.2) is 67.5 Å². The summed E-state index contributed by atoms with van der Waals surface area (Å²) in [7, 11) is 3.91. The SMILES string of the molecule is C=CC(=O)Nc1cc(Nc2nccc(-c3cn(CO)c4ccccc34)n2)c(OC)cc1N(C)CCN(C)C.CS(=O)(=O)O. The number of fused-ring (bicyclic) bond motifs is 1. The molecule has 230 valence electrons. The standard InChI is InChI=1S/C28H33N7O3.CH4O3S/c1-6-27(37)30-22-15-23(26(38-5)16-25(22)34(4)14-13-33(2)3)32-28-29-12-11-21(31-28)20-17-35(18-36)24-10-8-7-9-19(20)24;1-5(2,3)4/h6-12,15-17,36H,1,13-14,18H2,2-5H3,(H,30,37)(H,29,31,32);1H3,(H,2,3,4). The van der Waals surface area contributed by atoms with Crippen LogP contribution in [-0.2, 0) is 21.6 Å². The van der Waals surface area contributed by atoms with Gasteiger partial charge in [0.25, 0.3) is 10.1 Å². The number of likely N-dealkylation sites (N-methyl/N-ethyl adjacent to an activating group) is 2. The van der Waals surface area contributed by atoms with Crippen LogP contribution in [-0.4, -0.2) is 91.0 Å². The van der Waals surface area contributed by atoms with Crippen molar-refractivity contribution in [3.05, 3.63) is 67.5 Å². The number of aromatic nitrogens is 3. The van der Waals surface area contributed by atoms with Crippen LogP contribution >= 0.6 is 0 Å². The van der Waals surface area contributed by atoms with E-state index in [4.69, 9.17) is 14.3 Å². The van der Waals surface area contributed by atoms with E-state index in [-0.39, 0.29) is 12.6 Å². The first-order chi connectivity index (χ1) is 20.3. The smallest absolute Gasteiger partial charge is 0.261 e. The summed E-state index contributed by atoms with van der Waals surface area (Å²) in [6, 6.07) is 13.3. The number of hydrogen-bond acceptors (Lipinski definition) is 10. The predicted octanol–water partition coefficient (Wildman–Crippen LogP) is 3.43. The number of anilines is 4. The van der Waals surface area contributed by atoms with E-state index in [9.17, 15) is 18.3 Å². The Labute approximate surface area is 251 Å². The molecule has 13 nitrogen and oxygen atoms in total. The minimum Gasteiger partial charge on any atom is -0.494 e. The Bertz CT molecular complexity index is 1680. The fourth-order valence-electron chi connectivity index (χ4n) is 4.16. The first-order valence-electron chi connectivity index (χ1n) is 13.1. The highest BCUT2D eigenvalue weighted by atomic mass is 32.2. The Kier molecular flexibility index (Phi) is 11.2. The van der Waals surface area contributed by atoms with Crippen molar-refractivity contribution in [1.82, 2.24) is 19.4 Å². The van der Waals surface area contributed by atoms with E-state index in [0.717, 1.165) is 35.2 Å². The van der Waals surface area contributed by atoms with Crippen molar-refractivity contribution in [2.75, 3.05) is 63.1 Å². The minimum atomic E-state index is -3.67. The van der Waals surface area contributed by atoms with Gasteiger partial charge in [0.15, 0.2) is 0 Å². The Morgan fingerprint density at radius 3 is 2.47 bits per heavy atom. The minimum absolute atomic E-state index is 0.136. The largest absolute Gasteiger partial charge is 0.494 e. The fourth-order valence-corrected chi connectivity index (χ4v) is 4.16. The second kappa shape index (κ2) is 14.6. The number of benzene rings is 2.